The minimum Gasteiger partial charge on any atom is -0.394 e. The van der Waals surface area contributed by atoms with E-state index in [1.807, 2.05) is 13.8 Å². The summed E-state index contributed by atoms with van der Waals surface area (Å²) in [6, 6.07) is 2.85. The van der Waals surface area contributed by atoms with Crippen LogP contribution in [0.15, 0.2) is 18.2 Å². The number of aliphatic hydroxyl groups excluding tert-OH is 1. The minimum atomic E-state index is -0.521. The quantitative estimate of drug-likeness (QED) is 0.780. The molecule has 0 spiro atoms. The lowest BCUT2D eigenvalue weighted by atomic mass is 10.0. The van der Waals surface area contributed by atoms with E-state index >= 15 is 0 Å². The Hall–Kier alpha value is -1.33. The summed E-state index contributed by atoms with van der Waals surface area (Å²) >= 11 is 5.84. The predicted octanol–water partition coefficient (Wildman–Crippen LogP) is 3.01. The van der Waals surface area contributed by atoms with Crippen LogP contribution in [-0.4, -0.2) is 23.8 Å². The van der Waals surface area contributed by atoms with Gasteiger partial charge in [0.15, 0.2) is 0 Å². The molecule has 0 aliphatic carbocycles. The number of amides is 2. The first-order valence-corrected chi connectivity index (χ1v) is 6.43. The highest BCUT2D eigenvalue weighted by Crippen LogP contribution is 2.22. The largest absolute Gasteiger partial charge is 0.394 e. The Morgan fingerprint density at radius 2 is 2.16 bits per heavy atom. The van der Waals surface area contributed by atoms with Gasteiger partial charge >= 0.3 is 6.03 Å². The Morgan fingerprint density at radius 1 is 1.47 bits per heavy atom. The molecule has 1 atom stereocenters. The molecule has 0 radical (unpaired) electrons. The molecule has 0 saturated heterocycles. The first-order chi connectivity index (χ1) is 8.92. The zero-order chi connectivity index (χ0) is 14.4. The van der Waals surface area contributed by atoms with Gasteiger partial charge in [-0.05, 0) is 30.5 Å². The fraction of sp³-hybridized carbons (Fsp3) is 0.462. The summed E-state index contributed by atoms with van der Waals surface area (Å²) in [6.45, 7) is 3.83. The van der Waals surface area contributed by atoms with Gasteiger partial charge in [-0.1, -0.05) is 25.4 Å². The molecule has 6 heteroatoms. The maximum absolute atomic E-state index is 13.0. The highest BCUT2D eigenvalue weighted by atomic mass is 35.5. The molecule has 1 aromatic rings. The third kappa shape index (κ3) is 5.44. The van der Waals surface area contributed by atoms with Crippen molar-refractivity contribution in [2.24, 2.45) is 5.92 Å². The van der Waals surface area contributed by atoms with Gasteiger partial charge in [0, 0.05) is 0 Å². The summed E-state index contributed by atoms with van der Waals surface area (Å²) < 4.78 is 13.0. The molecule has 0 aliphatic rings. The van der Waals surface area contributed by atoms with Crippen molar-refractivity contribution in [1.82, 2.24) is 5.32 Å². The van der Waals surface area contributed by atoms with E-state index in [-0.39, 0.29) is 23.4 Å². The van der Waals surface area contributed by atoms with E-state index in [1.165, 1.54) is 12.1 Å². The fourth-order valence-corrected chi connectivity index (χ4v) is 1.85. The molecule has 19 heavy (non-hydrogen) atoms. The number of benzene rings is 1. The van der Waals surface area contributed by atoms with E-state index in [9.17, 15) is 9.18 Å². The van der Waals surface area contributed by atoms with Crippen molar-refractivity contribution in [3.63, 3.8) is 0 Å². The Morgan fingerprint density at radius 3 is 2.74 bits per heavy atom. The van der Waals surface area contributed by atoms with Crippen LogP contribution in [0, 0.1) is 11.7 Å². The van der Waals surface area contributed by atoms with E-state index in [2.05, 4.69) is 10.6 Å². The van der Waals surface area contributed by atoms with Gasteiger partial charge in [-0.3, -0.25) is 0 Å². The molecule has 1 aromatic carbocycles. The van der Waals surface area contributed by atoms with Crippen molar-refractivity contribution >= 4 is 23.3 Å². The Kier molecular flexibility index (Phi) is 6.05. The van der Waals surface area contributed by atoms with E-state index in [4.69, 9.17) is 16.7 Å². The summed E-state index contributed by atoms with van der Waals surface area (Å²) in [5.74, 6) is -0.143. The van der Waals surface area contributed by atoms with Crippen LogP contribution < -0.4 is 10.6 Å². The van der Waals surface area contributed by atoms with E-state index in [0.717, 1.165) is 6.07 Å². The molecular weight excluding hydrogens is 271 g/mol. The molecule has 0 aromatic heterocycles. The number of urea groups is 1. The molecule has 106 valence electrons. The molecule has 0 fully saturated rings. The van der Waals surface area contributed by atoms with Gasteiger partial charge in [0.2, 0.25) is 0 Å². The molecule has 0 aliphatic heterocycles. The van der Waals surface area contributed by atoms with E-state index in [1.54, 1.807) is 0 Å². The van der Waals surface area contributed by atoms with E-state index in [0.29, 0.717) is 12.3 Å². The monoisotopic (exact) mass is 288 g/mol. The summed E-state index contributed by atoms with van der Waals surface area (Å²) in [4.78, 5) is 11.7. The second kappa shape index (κ2) is 7.31. The molecule has 0 bridgehead atoms. The van der Waals surface area contributed by atoms with Crippen LogP contribution in [-0.2, 0) is 0 Å². The van der Waals surface area contributed by atoms with Crippen LogP contribution in [0.5, 0.6) is 0 Å². The van der Waals surface area contributed by atoms with Crippen molar-refractivity contribution in [2.45, 2.75) is 26.3 Å². The number of carbonyl (C=O) groups excluding carboxylic acids is 1. The van der Waals surface area contributed by atoms with Crippen LogP contribution in [0.4, 0.5) is 14.9 Å². The van der Waals surface area contributed by atoms with Gasteiger partial charge in [-0.2, -0.15) is 0 Å². The predicted molar refractivity (Wildman–Crippen MR) is 73.9 cm³/mol. The molecule has 4 nitrogen and oxygen atoms in total. The number of hydrogen-bond donors (Lipinski definition) is 3. The average molecular weight is 289 g/mol. The summed E-state index contributed by atoms with van der Waals surface area (Å²) in [6.07, 6.45) is 0.654. The summed E-state index contributed by atoms with van der Waals surface area (Å²) in [5, 5.41) is 14.5. The molecule has 0 saturated carbocycles. The van der Waals surface area contributed by atoms with Gasteiger partial charge in [-0.25, -0.2) is 9.18 Å². The normalized spacial score (nSPS) is 12.3. The van der Waals surface area contributed by atoms with Crippen molar-refractivity contribution in [3.05, 3.63) is 29.0 Å². The Bertz CT molecular complexity index is 441. The van der Waals surface area contributed by atoms with Gasteiger partial charge in [0.25, 0.3) is 0 Å². The second-order valence-corrected chi connectivity index (χ2v) is 5.14. The maximum Gasteiger partial charge on any atom is 0.319 e. The summed E-state index contributed by atoms with van der Waals surface area (Å²) in [7, 11) is 0. The SMILES string of the molecule is CC(C)C[C@H](CO)NC(=O)Nc1cc(F)ccc1Cl. The lowest BCUT2D eigenvalue weighted by Crippen LogP contribution is -2.41. The van der Waals surface area contributed by atoms with Gasteiger partial charge < -0.3 is 15.7 Å². The van der Waals surface area contributed by atoms with Crippen molar-refractivity contribution < 1.29 is 14.3 Å². The second-order valence-electron chi connectivity index (χ2n) is 4.73. The third-order valence-corrected chi connectivity index (χ3v) is 2.82. The molecule has 2 amide bonds. The van der Waals surface area contributed by atoms with Gasteiger partial charge in [0.1, 0.15) is 5.82 Å². The number of anilines is 1. The lowest BCUT2D eigenvalue weighted by Gasteiger charge is -2.18. The lowest BCUT2D eigenvalue weighted by molar-refractivity contribution is 0.214. The first kappa shape index (κ1) is 15.7. The Balaban J connectivity index is 2.61. The molecular formula is C13H18ClFN2O2. The van der Waals surface area contributed by atoms with Crippen LogP contribution in [0.3, 0.4) is 0 Å². The van der Waals surface area contributed by atoms with Crippen LogP contribution >= 0.6 is 11.6 Å². The average Bonchev–Trinajstić information content (AvgIpc) is 2.32. The number of rotatable bonds is 5. The van der Waals surface area contributed by atoms with Crippen molar-refractivity contribution in [1.29, 1.82) is 0 Å². The molecule has 0 heterocycles. The van der Waals surface area contributed by atoms with E-state index < -0.39 is 11.8 Å². The first-order valence-electron chi connectivity index (χ1n) is 6.05. The molecule has 1 rings (SSSR count). The van der Waals surface area contributed by atoms with Crippen molar-refractivity contribution in [2.75, 3.05) is 11.9 Å². The summed E-state index contributed by atoms with van der Waals surface area (Å²) in [5.41, 5.74) is 0.195. The van der Waals surface area contributed by atoms with Gasteiger partial charge in [0.05, 0.1) is 23.4 Å². The highest BCUT2D eigenvalue weighted by molar-refractivity contribution is 6.33. The number of halogens is 2. The topological polar surface area (TPSA) is 61.4 Å². The Labute approximate surface area is 117 Å². The molecule has 0 unspecified atom stereocenters. The highest BCUT2D eigenvalue weighted by Gasteiger charge is 2.14. The molecule has 3 N–H and O–H groups in total. The fourth-order valence-electron chi connectivity index (χ4n) is 1.69. The smallest absolute Gasteiger partial charge is 0.319 e. The van der Waals surface area contributed by atoms with Crippen LogP contribution in [0.2, 0.25) is 5.02 Å². The number of hydrogen-bond acceptors (Lipinski definition) is 2. The maximum atomic E-state index is 13.0. The zero-order valence-electron chi connectivity index (χ0n) is 10.9. The number of nitrogens with one attached hydrogen (secondary N) is 2. The van der Waals surface area contributed by atoms with Crippen LogP contribution in [0.25, 0.3) is 0 Å². The minimum absolute atomic E-state index is 0.150. The van der Waals surface area contributed by atoms with Gasteiger partial charge in [-0.15, -0.1) is 0 Å². The van der Waals surface area contributed by atoms with Crippen molar-refractivity contribution in [3.8, 4) is 0 Å². The number of aliphatic hydroxyl groups is 1. The standard InChI is InChI=1S/C13H18ClFN2O2/c1-8(2)5-10(7-18)16-13(19)17-12-6-9(15)3-4-11(12)14/h3-4,6,8,10,18H,5,7H2,1-2H3,(H2,16,17,19)/t10-/m1/s1. The third-order valence-electron chi connectivity index (χ3n) is 2.49. The van der Waals surface area contributed by atoms with Crippen LogP contribution in [0.1, 0.15) is 20.3 Å². The number of carbonyl (C=O) groups is 1. The zero-order valence-corrected chi connectivity index (χ0v) is 11.7.